The summed E-state index contributed by atoms with van der Waals surface area (Å²) in [6, 6.07) is 10.3. The maximum atomic E-state index is 4.50. The van der Waals surface area contributed by atoms with E-state index in [0.717, 1.165) is 5.33 Å². The summed E-state index contributed by atoms with van der Waals surface area (Å²) in [6.07, 6.45) is 0. The van der Waals surface area contributed by atoms with Gasteiger partial charge in [-0.15, -0.1) is 0 Å². The van der Waals surface area contributed by atoms with E-state index in [1.54, 1.807) is 0 Å². The minimum atomic E-state index is 0.952. The number of hydrogen-bond acceptors (Lipinski definition) is 1. The largest absolute Gasteiger partial charge is 0.333 e. The minimum Gasteiger partial charge on any atom is -0.333 e. The molecule has 0 aliphatic carbocycles. The molecule has 0 unspecified atom stereocenters. The van der Waals surface area contributed by atoms with Crippen LogP contribution in [0, 0.1) is 0 Å². The summed E-state index contributed by atoms with van der Waals surface area (Å²) in [5, 5.41) is 0.952. The maximum absolute atomic E-state index is 4.50. The van der Waals surface area contributed by atoms with Gasteiger partial charge < -0.3 is 5.73 Å². The van der Waals surface area contributed by atoms with Crippen molar-refractivity contribution < 1.29 is 0 Å². The van der Waals surface area contributed by atoms with Crippen LogP contribution in [0.5, 0.6) is 0 Å². The van der Waals surface area contributed by atoms with Gasteiger partial charge in [-0.05, 0) is 12.6 Å². The first-order valence-electron chi connectivity index (χ1n) is 3.11. The van der Waals surface area contributed by atoms with E-state index in [-0.39, 0.29) is 0 Å². The average Bonchev–Trinajstić information content (AvgIpc) is 2.10. The molecule has 0 bridgehead atoms. The molecule has 1 nitrogen and oxygen atoms in total. The zero-order chi connectivity index (χ0) is 7.82. The Labute approximate surface area is 70.4 Å². The van der Waals surface area contributed by atoms with E-state index in [4.69, 9.17) is 0 Å². The van der Waals surface area contributed by atoms with Gasteiger partial charge in [0.15, 0.2) is 0 Å². The molecule has 0 fully saturated rings. The molecule has 0 aliphatic rings. The standard InChI is InChI=1S/C7H7Br.CH5N/c8-6-7-4-2-1-3-5-7;1-2/h1-5H,6H2;2H2,1H3. The lowest BCUT2D eigenvalue weighted by molar-refractivity contribution is 1.44. The van der Waals surface area contributed by atoms with Crippen LogP contribution in [-0.4, -0.2) is 7.05 Å². The Balaban J connectivity index is 0.000000371. The topological polar surface area (TPSA) is 26.0 Å². The normalized spacial score (nSPS) is 7.90. The number of hydrogen-bond donors (Lipinski definition) is 1. The van der Waals surface area contributed by atoms with Gasteiger partial charge in [0.25, 0.3) is 0 Å². The zero-order valence-corrected chi connectivity index (χ0v) is 7.64. The highest BCUT2D eigenvalue weighted by Gasteiger charge is 1.81. The van der Waals surface area contributed by atoms with Crippen molar-refractivity contribution in [2.75, 3.05) is 7.05 Å². The van der Waals surface area contributed by atoms with Gasteiger partial charge in [0.1, 0.15) is 0 Å². The van der Waals surface area contributed by atoms with Gasteiger partial charge >= 0.3 is 0 Å². The lowest BCUT2D eigenvalue weighted by atomic mass is 10.2. The highest BCUT2D eigenvalue weighted by atomic mass is 79.9. The number of benzene rings is 1. The molecule has 0 heterocycles. The monoisotopic (exact) mass is 201 g/mol. The van der Waals surface area contributed by atoms with E-state index in [9.17, 15) is 0 Å². The summed E-state index contributed by atoms with van der Waals surface area (Å²) < 4.78 is 0. The maximum Gasteiger partial charge on any atom is 0.0283 e. The summed E-state index contributed by atoms with van der Waals surface area (Å²) in [6.45, 7) is 0. The van der Waals surface area contributed by atoms with Crippen molar-refractivity contribution in [3.63, 3.8) is 0 Å². The van der Waals surface area contributed by atoms with Crippen LogP contribution in [0.4, 0.5) is 0 Å². The predicted octanol–water partition coefficient (Wildman–Crippen LogP) is 2.16. The van der Waals surface area contributed by atoms with Gasteiger partial charge in [0, 0.05) is 5.33 Å². The summed E-state index contributed by atoms with van der Waals surface area (Å²) in [4.78, 5) is 0. The fourth-order valence-corrected chi connectivity index (χ4v) is 0.941. The molecule has 0 spiro atoms. The number of halogens is 1. The fraction of sp³-hybridized carbons (Fsp3) is 0.250. The van der Waals surface area contributed by atoms with E-state index >= 15 is 0 Å². The molecule has 0 radical (unpaired) electrons. The second-order valence-corrected chi connectivity index (χ2v) is 2.18. The summed E-state index contributed by atoms with van der Waals surface area (Å²) >= 11 is 3.36. The smallest absolute Gasteiger partial charge is 0.0283 e. The van der Waals surface area contributed by atoms with E-state index in [1.807, 2.05) is 18.2 Å². The first-order valence-corrected chi connectivity index (χ1v) is 4.23. The second-order valence-electron chi connectivity index (χ2n) is 1.62. The van der Waals surface area contributed by atoms with Crippen LogP contribution in [0.2, 0.25) is 0 Å². The van der Waals surface area contributed by atoms with Crippen molar-refractivity contribution in [2.45, 2.75) is 5.33 Å². The van der Waals surface area contributed by atoms with Gasteiger partial charge in [-0.3, -0.25) is 0 Å². The molecule has 2 N–H and O–H groups in total. The summed E-state index contributed by atoms with van der Waals surface area (Å²) in [5.74, 6) is 0. The quantitative estimate of drug-likeness (QED) is 0.693. The molecule has 0 atom stereocenters. The molecular formula is C8H12BrN. The number of alkyl halides is 1. The molecule has 56 valence electrons. The molecule has 2 heteroatoms. The molecule has 0 saturated carbocycles. The van der Waals surface area contributed by atoms with Crippen molar-refractivity contribution in [3.8, 4) is 0 Å². The molecular weight excluding hydrogens is 190 g/mol. The SMILES string of the molecule is BrCc1ccccc1.CN. The Hall–Kier alpha value is -0.340. The van der Waals surface area contributed by atoms with Crippen LogP contribution in [0.3, 0.4) is 0 Å². The Morgan fingerprint density at radius 3 is 2.00 bits per heavy atom. The number of nitrogens with two attached hydrogens (primary N) is 1. The molecule has 0 amide bonds. The molecule has 10 heavy (non-hydrogen) atoms. The second kappa shape index (κ2) is 6.78. The number of rotatable bonds is 1. The minimum absolute atomic E-state index is 0.952. The van der Waals surface area contributed by atoms with E-state index in [0.29, 0.717) is 0 Å². The fourth-order valence-electron chi connectivity index (χ4n) is 0.567. The molecule has 1 aromatic carbocycles. The lowest BCUT2D eigenvalue weighted by Gasteiger charge is -1.88. The molecule has 0 aromatic heterocycles. The molecule has 0 aliphatic heterocycles. The zero-order valence-electron chi connectivity index (χ0n) is 6.05. The first kappa shape index (κ1) is 9.66. The van der Waals surface area contributed by atoms with Crippen molar-refractivity contribution in [3.05, 3.63) is 35.9 Å². The summed E-state index contributed by atoms with van der Waals surface area (Å²) in [7, 11) is 1.50. The van der Waals surface area contributed by atoms with Crippen molar-refractivity contribution in [1.82, 2.24) is 0 Å². The molecule has 1 aromatic rings. The van der Waals surface area contributed by atoms with Crippen LogP contribution in [0.25, 0.3) is 0 Å². The molecule has 0 saturated heterocycles. The predicted molar refractivity (Wildman–Crippen MR) is 49.2 cm³/mol. The highest BCUT2D eigenvalue weighted by Crippen LogP contribution is 2.02. The summed E-state index contributed by atoms with van der Waals surface area (Å²) in [5.41, 5.74) is 5.83. The van der Waals surface area contributed by atoms with Crippen LogP contribution >= 0.6 is 15.9 Å². The van der Waals surface area contributed by atoms with Crippen LogP contribution in [-0.2, 0) is 5.33 Å². The Kier molecular flexibility index (Phi) is 6.55. The first-order chi connectivity index (χ1) is 4.93. The average molecular weight is 202 g/mol. The van der Waals surface area contributed by atoms with E-state index in [2.05, 4.69) is 33.8 Å². The third-order valence-electron chi connectivity index (χ3n) is 0.997. The third kappa shape index (κ3) is 3.64. The van der Waals surface area contributed by atoms with Gasteiger partial charge in [0.05, 0.1) is 0 Å². The highest BCUT2D eigenvalue weighted by molar-refractivity contribution is 9.08. The van der Waals surface area contributed by atoms with E-state index < -0.39 is 0 Å². The van der Waals surface area contributed by atoms with Crippen LogP contribution in [0.15, 0.2) is 30.3 Å². The van der Waals surface area contributed by atoms with Gasteiger partial charge in [0.2, 0.25) is 0 Å². The van der Waals surface area contributed by atoms with Crippen molar-refractivity contribution in [1.29, 1.82) is 0 Å². The van der Waals surface area contributed by atoms with Crippen molar-refractivity contribution >= 4 is 15.9 Å². The molecule has 1 rings (SSSR count). The van der Waals surface area contributed by atoms with Crippen molar-refractivity contribution in [2.24, 2.45) is 5.73 Å². The van der Waals surface area contributed by atoms with E-state index in [1.165, 1.54) is 12.6 Å². The van der Waals surface area contributed by atoms with Crippen LogP contribution < -0.4 is 5.73 Å². The Morgan fingerprint density at radius 2 is 1.70 bits per heavy atom. The third-order valence-corrected chi connectivity index (χ3v) is 1.64. The Bertz CT molecular complexity index is 151. The Morgan fingerprint density at radius 1 is 1.20 bits per heavy atom. The van der Waals surface area contributed by atoms with Gasteiger partial charge in [-0.25, -0.2) is 0 Å². The van der Waals surface area contributed by atoms with Gasteiger partial charge in [-0.1, -0.05) is 46.3 Å². The lowest BCUT2D eigenvalue weighted by Crippen LogP contribution is -1.70. The van der Waals surface area contributed by atoms with Crippen LogP contribution in [0.1, 0.15) is 5.56 Å². The van der Waals surface area contributed by atoms with Gasteiger partial charge in [-0.2, -0.15) is 0 Å².